The number of sulfonamides is 1. The number of carbonyl (C=O) groups is 2. The number of amides is 2. The molecule has 2 aromatic carbocycles. The van der Waals surface area contributed by atoms with Crippen molar-refractivity contribution in [3.8, 4) is 6.07 Å². The van der Waals surface area contributed by atoms with Crippen molar-refractivity contribution >= 4 is 27.5 Å². The van der Waals surface area contributed by atoms with Gasteiger partial charge in [0.2, 0.25) is 15.9 Å². The van der Waals surface area contributed by atoms with Crippen LogP contribution in [0, 0.1) is 17.1 Å². The highest BCUT2D eigenvalue weighted by Gasteiger charge is 2.21. The van der Waals surface area contributed by atoms with Gasteiger partial charge >= 0.3 is 0 Å². The number of anilines is 1. The summed E-state index contributed by atoms with van der Waals surface area (Å²) in [7, 11) is -4.17. The molecule has 134 valence electrons. The third kappa shape index (κ3) is 4.87. The first-order valence-electron chi connectivity index (χ1n) is 7.32. The summed E-state index contributed by atoms with van der Waals surface area (Å²) in [5.74, 6) is -3.16. The molecule has 0 heterocycles. The van der Waals surface area contributed by atoms with E-state index in [-0.39, 0.29) is 16.8 Å². The van der Waals surface area contributed by atoms with Crippen molar-refractivity contribution in [3.05, 3.63) is 65.0 Å². The van der Waals surface area contributed by atoms with Gasteiger partial charge in [-0.25, -0.2) is 17.5 Å². The van der Waals surface area contributed by atoms with E-state index in [1.807, 2.05) is 6.07 Å². The molecule has 2 amide bonds. The van der Waals surface area contributed by atoms with Gasteiger partial charge in [-0.2, -0.15) is 5.26 Å². The van der Waals surface area contributed by atoms with Crippen LogP contribution >= 0.6 is 0 Å². The van der Waals surface area contributed by atoms with Gasteiger partial charge in [0.15, 0.2) is 0 Å². The van der Waals surface area contributed by atoms with E-state index in [2.05, 4.69) is 5.32 Å². The lowest BCUT2D eigenvalue weighted by Crippen LogP contribution is -2.32. The third-order valence-corrected chi connectivity index (χ3v) is 4.45. The Morgan fingerprint density at radius 3 is 2.54 bits per heavy atom. The van der Waals surface area contributed by atoms with Crippen LogP contribution in [0.4, 0.5) is 10.1 Å². The second kappa shape index (κ2) is 7.76. The Kier molecular flexibility index (Phi) is 5.69. The van der Waals surface area contributed by atoms with Crippen LogP contribution < -0.4 is 10.0 Å². The van der Waals surface area contributed by atoms with E-state index in [9.17, 15) is 22.4 Å². The van der Waals surface area contributed by atoms with Crippen LogP contribution in [0.5, 0.6) is 0 Å². The van der Waals surface area contributed by atoms with E-state index in [4.69, 9.17) is 5.26 Å². The van der Waals surface area contributed by atoms with Crippen LogP contribution in [-0.2, 0) is 20.6 Å². The monoisotopic (exact) mass is 375 g/mol. The maximum Gasteiger partial charge on any atom is 0.267 e. The second-order valence-corrected chi connectivity index (χ2v) is 7.06. The Hall–Kier alpha value is -3.25. The SMILES string of the molecule is CC(=O)Nc1ccc(F)c(C(=O)NS(=O)(=O)Cc2ccccc2C#N)c1. The van der Waals surface area contributed by atoms with Crippen molar-refractivity contribution < 1.29 is 22.4 Å². The zero-order valence-electron chi connectivity index (χ0n) is 13.6. The van der Waals surface area contributed by atoms with Gasteiger partial charge < -0.3 is 5.32 Å². The maximum atomic E-state index is 13.9. The number of carbonyl (C=O) groups excluding carboxylic acids is 2. The lowest BCUT2D eigenvalue weighted by atomic mass is 10.1. The molecule has 26 heavy (non-hydrogen) atoms. The number of nitriles is 1. The van der Waals surface area contributed by atoms with Gasteiger partial charge in [-0.1, -0.05) is 18.2 Å². The molecule has 0 radical (unpaired) electrons. The number of halogens is 1. The molecule has 0 saturated carbocycles. The fourth-order valence-corrected chi connectivity index (χ4v) is 3.30. The summed E-state index contributed by atoms with van der Waals surface area (Å²) in [6.07, 6.45) is 0. The maximum absolute atomic E-state index is 13.9. The Bertz CT molecular complexity index is 1010. The summed E-state index contributed by atoms with van der Waals surface area (Å²) < 4.78 is 40.0. The zero-order chi connectivity index (χ0) is 19.3. The second-order valence-electron chi connectivity index (χ2n) is 5.34. The molecule has 0 aliphatic carbocycles. The van der Waals surface area contributed by atoms with Gasteiger partial charge in [-0.15, -0.1) is 0 Å². The first kappa shape index (κ1) is 19.1. The quantitative estimate of drug-likeness (QED) is 0.828. The highest BCUT2D eigenvalue weighted by atomic mass is 32.2. The molecular formula is C17H14FN3O4S. The van der Waals surface area contributed by atoms with Crippen LogP contribution in [0.25, 0.3) is 0 Å². The average Bonchev–Trinajstić information content (AvgIpc) is 2.55. The molecule has 0 aliphatic heterocycles. The predicted octanol–water partition coefficient (Wildman–Crippen LogP) is 1.92. The van der Waals surface area contributed by atoms with Crippen LogP contribution in [0.3, 0.4) is 0 Å². The lowest BCUT2D eigenvalue weighted by Gasteiger charge is -2.10. The first-order valence-corrected chi connectivity index (χ1v) is 8.97. The molecule has 0 bridgehead atoms. The number of rotatable bonds is 5. The van der Waals surface area contributed by atoms with Crippen molar-refractivity contribution in [2.24, 2.45) is 0 Å². The Morgan fingerprint density at radius 2 is 1.88 bits per heavy atom. The molecule has 9 heteroatoms. The fraction of sp³-hybridized carbons (Fsp3) is 0.118. The van der Waals surface area contributed by atoms with Gasteiger partial charge in [-0.3, -0.25) is 9.59 Å². The smallest absolute Gasteiger partial charge is 0.267 e. The minimum absolute atomic E-state index is 0.149. The van der Waals surface area contributed by atoms with Gasteiger partial charge in [0.1, 0.15) is 5.82 Å². The van der Waals surface area contributed by atoms with Crippen molar-refractivity contribution in [1.82, 2.24) is 4.72 Å². The summed E-state index contributed by atoms with van der Waals surface area (Å²) in [5, 5.41) is 11.4. The molecule has 0 aromatic heterocycles. The molecule has 0 saturated heterocycles. The first-order chi connectivity index (χ1) is 12.2. The Morgan fingerprint density at radius 1 is 1.19 bits per heavy atom. The molecule has 2 aromatic rings. The molecular weight excluding hydrogens is 361 g/mol. The van der Waals surface area contributed by atoms with Crippen LogP contribution in [0.1, 0.15) is 28.4 Å². The van der Waals surface area contributed by atoms with Crippen molar-refractivity contribution in [1.29, 1.82) is 5.26 Å². The molecule has 0 unspecified atom stereocenters. The van der Waals surface area contributed by atoms with Crippen molar-refractivity contribution in [3.63, 3.8) is 0 Å². The molecule has 0 fully saturated rings. The van der Waals surface area contributed by atoms with Gasteiger partial charge in [0.05, 0.1) is 22.9 Å². The van der Waals surface area contributed by atoms with E-state index < -0.39 is 39.0 Å². The molecule has 0 spiro atoms. The number of hydrogen-bond acceptors (Lipinski definition) is 5. The minimum Gasteiger partial charge on any atom is -0.326 e. The summed E-state index contributed by atoms with van der Waals surface area (Å²) in [6.45, 7) is 1.24. The molecule has 2 rings (SSSR count). The van der Waals surface area contributed by atoms with E-state index >= 15 is 0 Å². The van der Waals surface area contributed by atoms with Crippen molar-refractivity contribution in [2.75, 3.05) is 5.32 Å². The van der Waals surface area contributed by atoms with E-state index in [0.717, 1.165) is 12.1 Å². The fourth-order valence-electron chi connectivity index (χ4n) is 2.17. The summed E-state index contributed by atoms with van der Waals surface area (Å²) in [5.41, 5.74) is -0.0170. The Balaban J connectivity index is 2.23. The lowest BCUT2D eigenvalue weighted by molar-refractivity contribution is -0.114. The van der Waals surface area contributed by atoms with Crippen LogP contribution in [0.15, 0.2) is 42.5 Å². The van der Waals surface area contributed by atoms with Crippen LogP contribution in [0.2, 0.25) is 0 Å². The number of benzene rings is 2. The summed E-state index contributed by atoms with van der Waals surface area (Å²) in [6, 6.07) is 11.1. The molecule has 0 aliphatic rings. The minimum atomic E-state index is -4.17. The van der Waals surface area contributed by atoms with Gasteiger partial charge in [0, 0.05) is 12.6 Å². The topological polar surface area (TPSA) is 116 Å². The molecule has 2 N–H and O–H groups in total. The van der Waals surface area contributed by atoms with E-state index in [1.54, 1.807) is 16.9 Å². The molecule has 0 atom stereocenters. The predicted molar refractivity (Wildman–Crippen MR) is 92.0 cm³/mol. The highest BCUT2D eigenvalue weighted by molar-refractivity contribution is 7.89. The number of hydrogen-bond donors (Lipinski definition) is 2. The Labute approximate surface area is 149 Å². The third-order valence-electron chi connectivity index (χ3n) is 3.26. The summed E-state index contributed by atoms with van der Waals surface area (Å²) in [4.78, 5) is 23.2. The average molecular weight is 375 g/mol. The van der Waals surface area contributed by atoms with E-state index in [0.29, 0.717) is 0 Å². The highest BCUT2D eigenvalue weighted by Crippen LogP contribution is 2.16. The standard InChI is InChI=1S/C17H14FN3O4S/c1-11(22)20-14-6-7-16(18)15(8-14)17(23)21-26(24,25)10-13-5-3-2-4-12(13)9-19/h2-8H,10H2,1H3,(H,20,22)(H,21,23). The molecule has 7 nitrogen and oxygen atoms in total. The number of nitrogens with one attached hydrogen (secondary N) is 2. The zero-order valence-corrected chi connectivity index (χ0v) is 14.4. The number of nitrogens with zero attached hydrogens (tertiary/aromatic N) is 1. The van der Waals surface area contributed by atoms with Crippen molar-refractivity contribution in [2.45, 2.75) is 12.7 Å². The van der Waals surface area contributed by atoms with E-state index in [1.165, 1.54) is 25.1 Å². The van der Waals surface area contributed by atoms with Gasteiger partial charge in [0.25, 0.3) is 5.91 Å². The van der Waals surface area contributed by atoms with Crippen LogP contribution in [-0.4, -0.2) is 20.2 Å². The normalized spacial score (nSPS) is 10.7. The van der Waals surface area contributed by atoms with Gasteiger partial charge in [-0.05, 0) is 29.8 Å². The largest absolute Gasteiger partial charge is 0.326 e. The summed E-state index contributed by atoms with van der Waals surface area (Å²) >= 11 is 0.